The molecule has 0 amide bonds. The molecule has 0 bridgehead atoms. The van der Waals surface area contributed by atoms with Crippen LogP contribution < -0.4 is 5.76 Å². The van der Waals surface area contributed by atoms with E-state index in [9.17, 15) is 4.79 Å². The number of aryl methyl sites for hydroxylation is 1. The second-order valence-corrected chi connectivity index (χ2v) is 7.85. The Hall–Kier alpha value is -1.89. The average molecular weight is 416 g/mol. The van der Waals surface area contributed by atoms with E-state index in [4.69, 9.17) is 4.42 Å². The third-order valence-corrected chi connectivity index (χ3v) is 5.42. The molecule has 26 heavy (non-hydrogen) atoms. The topological polar surface area (TPSA) is 41.6 Å². The van der Waals surface area contributed by atoms with Crippen LogP contribution in [0, 0.1) is 6.92 Å². The van der Waals surface area contributed by atoms with Crippen molar-refractivity contribution in [2.24, 2.45) is 0 Å². The first-order chi connectivity index (χ1) is 12.6. The molecular formula is C20H22BrN3O2. The van der Waals surface area contributed by atoms with Gasteiger partial charge in [0.1, 0.15) is 0 Å². The maximum Gasteiger partial charge on any atom is 0.421 e. The van der Waals surface area contributed by atoms with Gasteiger partial charge in [0.05, 0.1) is 12.2 Å². The molecule has 3 aromatic rings. The summed E-state index contributed by atoms with van der Waals surface area (Å²) in [7, 11) is 0. The molecule has 0 aliphatic carbocycles. The summed E-state index contributed by atoms with van der Waals surface area (Å²) >= 11 is 3.42. The van der Waals surface area contributed by atoms with Crippen molar-refractivity contribution in [3.8, 4) is 0 Å². The van der Waals surface area contributed by atoms with Gasteiger partial charge in [-0.25, -0.2) is 4.79 Å². The Bertz CT molecular complexity index is 971. The minimum absolute atomic E-state index is 0.291. The van der Waals surface area contributed by atoms with E-state index in [1.807, 2.05) is 18.2 Å². The van der Waals surface area contributed by atoms with E-state index in [0.717, 1.165) is 42.7 Å². The highest BCUT2D eigenvalue weighted by Crippen LogP contribution is 2.19. The fraction of sp³-hybridized carbons (Fsp3) is 0.350. The Morgan fingerprint density at radius 3 is 2.58 bits per heavy atom. The number of oxazole rings is 1. The van der Waals surface area contributed by atoms with Gasteiger partial charge >= 0.3 is 5.76 Å². The quantitative estimate of drug-likeness (QED) is 0.654. The number of nitrogens with zero attached hydrogens (tertiary/aromatic N) is 3. The number of piperazine rings is 1. The molecule has 136 valence electrons. The lowest BCUT2D eigenvalue weighted by molar-refractivity contribution is 0.102. The largest absolute Gasteiger partial charge is 0.421 e. The highest BCUT2D eigenvalue weighted by atomic mass is 79.9. The monoisotopic (exact) mass is 415 g/mol. The molecule has 0 spiro atoms. The molecule has 4 rings (SSSR count). The Balaban J connectivity index is 1.40. The average Bonchev–Trinajstić information content (AvgIpc) is 2.91. The number of hydrogen-bond acceptors (Lipinski definition) is 4. The van der Waals surface area contributed by atoms with E-state index in [2.05, 4.69) is 56.9 Å². The third-order valence-electron chi connectivity index (χ3n) is 4.93. The summed E-state index contributed by atoms with van der Waals surface area (Å²) in [5.74, 6) is -0.291. The molecule has 1 aliphatic heterocycles. The summed E-state index contributed by atoms with van der Waals surface area (Å²) in [5.41, 5.74) is 4.14. The van der Waals surface area contributed by atoms with Crippen LogP contribution in [0.2, 0.25) is 0 Å². The molecule has 2 heterocycles. The van der Waals surface area contributed by atoms with E-state index in [1.165, 1.54) is 11.1 Å². The van der Waals surface area contributed by atoms with Gasteiger partial charge in [0, 0.05) is 37.2 Å². The lowest BCUT2D eigenvalue weighted by atomic mass is 10.1. The van der Waals surface area contributed by atoms with Gasteiger partial charge in [-0.1, -0.05) is 45.8 Å². The van der Waals surface area contributed by atoms with E-state index in [0.29, 0.717) is 12.3 Å². The number of benzene rings is 2. The molecule has 0 N–H and O–H groups in total. The molecule has 1 saturated heterocycles. The van der Waals surface area contributed by atoms with Crippen LogP contribution in [-0.4, -0.2) is 40.5 Å². The van der Waals surface area contributed by atoms with Crippen molar-refractivity contribution >= 4 is 27.0 Å². The van der Waals surface area contributed by atoms with E-state index in [1.54, 1.807) is 4.57 Å². The summed E-state index contributed by atoms with van der Waals surface area (Å²) in [6, 6.07) is 14.4. The van der Waals surface area contributed by atoms with Crippen molar-refractivity contribution in [2.45, 2.75) is 20.1 Å². The van der Waals surface area contributed by atoms with Crippen LogP contribution in [-0.2, 0) is 13.2 Å². The summed E-state index contributed by atoms with van der Waals surface area (Å²) in [4.78, 5) is 17.0. The van der Waals surface area contributed by atoms with Crippen molar-refractivity contribution in [3.63, 3.8) is 0 Å². The van der Waals surface area contributed by atoms with Crippen LogP contribution in [0.15, 0.2) is 56.1 Å². The smallest absolute Gasteiger partial charge is 0.408 e. The van der Waals surface area contributed by atoms with Crippen molar-refractivity contribution in [3.05, 3.63) is 68.6 Å². The fourth-order valence-electron chi connectivity index (χ4n) is 3.53. The first-order valence-corrected chi connectivity index (χ1v) is 9.67. The molecule has 1 aromatic heterocycles. The van der Waals surface area contributed by atoms with Crippen LogP contribution in [0.25, 0.3) is 11.1 Å². The van der Waals surface area contributed by atoms with Crippen molar-refractivity contribution in [2.75, 3.05) is 26.2 Å². The van der Waals surface area contributed by atoms with Gasteiger partial charge in [-0.15, -0.1) is 0 Å². The molecule has 0 unspecified atom stereocenters. The molecule has 1 fully saturated rings. The van der Waals surface area contributed by atoms with Gasteiger partial charge in [-0.3, -0.25) is 14.4 Å². The second kappa shape index (κ2) is 7.39. The van der Waals surface area contributed by atoms with Crippen molar-refractivity contribution in [1.82, 2.24) is 14.4 Å². The summed E-state index contributed by atoms with van der Waals surface area (Å²) in [5, 5.41) is 0. The lowest BCUT2D eigenvalue weighted by Crippen LogP contribution is -2.47. The number of rotatable bonds is 4. The first-order valence-electron chi connectivity index (χ1n) is 8.88. The van der Waals surface area contributed by atoms with Gasteiger partial charge in [0.25, 0.3) is 0 Å². The Labute approximate surface area is 160 Å². The number of hydrogen-bond donors (Lipinski definition) is 0. The lowest BCUT2D eigenvalue weighted by Gasteiger charge is -2.34. The summed E-state index contributed by atoms with van der Waals surface area (Å²) in [6.07, 6.45) is 0. The molecule has 2 aromatic carbocycles. The summed E-state index contributed by atoms with van der Waals surface area (Å²) < 4.78 is 8.01. The van der Waals surface area contributed by atoms with Crippen molar-refractivity contribution < 1.29 is 4.42 Å². The standard InChI is InChI=1S/C20H22BrN3O2/c1-15-3-2-4-16(11-15)13-22-7-9-23(10-8-22)14-24-18-6-5-17(21)12-19(18)26-20(24)25/h2-6,11-12H,7-10,13-14H2,1H3. The maximum atomic E-state index is 12.2. The fourth-order valence-corrected chi connectivity index (χ4v) is 3.87. The van der Waals surface area contributed by atoms with E-state index < -0.39 is 0 Å². The van der Waals surface area contributed by atoms with Crippen LogP contribution in [0.4, 0.5) is 0 Å². The molecular weight excluding hydrogens is 394 g/mol. The zero-order valence-electron chi connectivity index (χ0n) is 14.8. The van der Waals surface area contributed by atoms with Crippen molar-refractivity contribution in [1.29, 1.82) is 0 Å². The molecule has 0 radical (unpaired) electrons. The van der Waals surface area contributed by atoms with Crippen LogP contribution in [0.5, 0.6) is 0 Å². The molecule has 0 saturated carbocycles. The normalized spacial score (nSPS) is 16.4. The van der Waals surface area contributed by atoms with Gasteiger partial charge in [0.15, 0.2) is 5.58 Å². The predicted octanol–water partition coefficient (Wildman–Crippen LogP) is 3.44. The van der Waals surface area contributed by atoms with Gasteiger partial charge in [-0.05, 0) is 30.7 Å². The highest BCUT2D eigenvalue weighted by Gasteiger charge is 2.19. The zero-order chi connectivity index (χ0) is 18.1. The third kappa shape index (κ3) is 3.77. The molecule has 1 aliphatic rings. The van der Waals surface area contributed by atoms with E-state index >= 15 is 0 Å². The molecule has 5 nitrogen and oxygen atoms in total. The first kappa shape index (κ1) is 17.5. The van der Waals surface area contributed by atoms with E-state index in [-0.39, 0.29) is 5.76 Å². The van der Waals surface area contributed by atoms with Crippen LogP contribution >= 0.6 is 15.9 Å². The predicted molar refractivity (Wildman–Crippen MR) is 106 cm³/mol. The molecule has 6 heteroatoms. The number of halogens is 1. The van der Waals surface area contributed by atoms with Gasteiger partial charge in [-0.2, -0.15) is 0 Å². The van der Waals surface area contributed by atoms with Crippen LogP contribution in [0.1, 0.15) is 11.1 Å². The zero-order valence-corrected chi connectivity index (χ0v) is 16.4. The summed E-state index contributed by atoms with van der Waals surface area (Å²) in [6.45, 7) is 7.59. The Morgan fingerprint density at radius 1 is 1.04 bits per heavy atom. The Morgan fingerprint density at radius 2 is 1.81 bits per heavy atom. The van der Waals surface area contributed by atoms with Gasteiger partial charge < -0.3 is 4.42 Å². The van der Waals surface area contributed by atoms with Crippen LogP contribution in [0.3, 0.4) is 0 Å². The second-order valence-electron chi connectivity index (χ2n) is 6.93. The molecule has 0 atom stereocenters. The Kier molecular flexibility index (Phi) is 4.98. The number of fused-ring (bicyclic) bond motifs is 1. The number of aromatic nitrogens is 1. The highest BCUT2D eigenvalue weighted by molar-refractivity contribution is 9.10. The van der Waals surface area contributed by atoms with Gasteiger partial charge in [0.2, 0.25) is 0 Å². The SMILES string of the molecule is Cc1cccc(CN2CCN(Cn3c(=O)oc4cc(Br)ccc43)CC2)c1. The minimum Gasteiger partial charge on any atom is -0.408 e. The maximum absolute atomic E-state index is 12.2. The minimum atomic E-state index is -0.291.